The normalized spacial score (nSPS) is 11.7. The first-order chi connectivity index (χ1) is 11.0. The molecule has 8 heteroatoms. The summed E-state index contributed by atoms with van der Waals surface area (Å²) < 4.78 is 32.0. The summed E-state index contributed by atoms with van der Waals surface area (Å²) in [6.07, 6.45) is 2.70. The summed E-state index contributed by atoms with van der Waals surface area (Å²) >= 11 is 0. The fourth-order valence-corrected chi connectivity index (χ4v) is 3.05. The van der Waals surface area contributed by atoms with Crippen LogP contribution in [0.25, 0.3) is 11.0 Å². The van der Waals surface area contributed by atoms with Gasteiger partial charge in [-0.25, -0.2) is 22.9 Å². The molecule has 23 heavy (non-hydrogen) atoms. The molecule has 0 saturated heterocycles. The van der Waals surface area contributed by atoms with Gasteiger partial charge >= 0.3 is 5.97 Å². The van der Waals surface area contributed by atoms with Crippen molar-refractivity contribution in [2.24, 2.45) is 0 Å². The summed E-state index contributed by atoms with van der Waals surface area (Å²) in [5, 5.41) is 9.45. The molecule has 0 radical (unpaired) electrons. The molecular formula is C15H12N2O5S. The van der Waals surface area contributed by atoms with E-state index in [1.165, 1.54) is 6.07 Å². The molecule has 0 amide bonds. The van der Waals surface area contributed by atoms with Crippen molar-refractivity contribution in [1.29, 1.82) is 0 Å². The zero-order valence-corrected chi connectivity index (χ0v) is 12.6. The molecule has 0 aliphatic rings. The predicted molar refractivity (Wildman–Crippen MR) is 81.4 cm³/mol. The number of hydrogen-bond donors (Lipinski definition) is 2. The fourth-order valence-electron chi connectivity index (χ4n) is 2.07. The molecule has 0 spiro atoms. The van der Waals surface area contributed by atoms with Gasteiger partial charge in [0.2, 0.25) is 0 Å². The predicted octanol–water partition coefficient (Wildman–Crippen LogP) is 2.00. The van der Waals surface area contributed by atoms with E-state index < -0.39 is 16.0 Å². The van der Waals surface area contributed by atoms with E-state index in [1.54, 1.807) is 24.5 Å². The van der Waals surface area contributed by atoms with Gasteiger partial charge in [0.05, 0.1) is 11.8 Å². The van der Waals surface area contributed by atoms with Gasteiger partial charge in [0.25, 0.3) is 10.0 Å². The van der Waals surface area contributed by atoms with E-state index in [9.17, 15) is 13.2 Å². The van der Waals surface area contributed by atoms with Crippen LogP contribution in [0.2, 0.25) is 0 Å². The molecule has 0 unspecified atom stereocenters. The Balaban J connectivity index is 1.80. The van der Waals surface area contributed by atoms with Crippen molar-refractivity contribution in [2.75, 3.05) is 0 Å². The molecule has 2 aromatic heterocycles. The van der Waals surface area contributed by atoms with Gasteiger partial charge in [0.15, 0.2) is 5.03 Å². The van der Waals surface area contributed by atoms with Gasteiger partial charge in [-0.05, 0) is 35.9 Å². The average Bonchev–Trinajstić information content (AvgIpc) is 3.01. The minimum atomic E-state index is -3.90. The molecular weight excluding hydrogens is 320 g/mol. The van der Waals surface area contributed by atoms with Gasteiger partial charge in [0.1, 0.15) is 5.58 Å². The number of carboxylic acids is 1. The minimum Gasteiger partial charge on any atom is -0.478 e. The molecule has 0 aliphatic carbocycles. The second-order valence-corrected chi connectivity index (χ2v) is 6.52. The maximum atomic E-state index is 12.2. The monoisotopic (exact) mass is 332 g/mol. The molecule has 0 fully saturated rings. The van der Waals surface area contributed by atoms with E-state index in [2.05, 4.69) is 9.71 Å². The van der Waals surface area contributed by atoms with E-state index in [-0.39, 0.29) is 17.1 Å². The fraction of sp³-hybridized carbons (Fsp3) is 0.0667. The molecule has 2 heterocycles. The number of nitrogens with zero attached hydrogens (tertiary/aromatic N) is 1. The van der Waals surface area contributed by atoms with E-state index in [4.69, 9.17) is 9.52 Å². The van der Waals surface area contributed by atoms with Crippen molar-refractivity contribution in [1.82, 2.24) is 9.71 Å². The topological polar surface area (TPSA) is 109 Å². The molecule has 1 aromatic carbocycles. The minimum absolute atomic E-state index is 0.0580. The third-order valence-electron chi connectivity index (χ3n) is 3.24. The van der Waals surface area contributed by atoms with Crippen molar-refractivity contribution < 1.29 is 22.7 Å². The highest BCUT2D eigenvalue weighted by molar-refractivity contribution is 7.89. The maximum Gasteiger partial charge on any atom is 0.335 e. The van der Waals surface area contributed by atoms with Crippen molar-refractivity contribution in [3.05, 3.63) is 60.0 Å². The average molecular weight is 332 g/mol. The second-order valence-electron chi connectivity index (χ2n) is 4.81. The Kier molecular flexibility index (Phi) is 3.85. The largest absolute Gasteiger partial charge is 0.478 e. The van der Waals surface area contributed by atoms with Crippen molar-refractivity contribution >= 4 is 27.0 Å². The van der Waals surface area contributed by atoms with E-state index in [0.717, 1.165) is 23.2 Å². The first-order valence-corrected chi connectivity index (χ1v) is 8.09. The lowest BCUT2D eigenvalue weighted by Gasteiger charge is -2.07. The van der Waals surface area contributed by atoms with Crippen LogP contribution in [-0.2, 0) is 16.6 Å². The Bertz CT molecular complexity index is 978. The molecule has 2 N–H and O–H groups in total. The van der Waals surface area contributed by atoms with Crippen molar-refractivity contribution in [2.45, 2.75) is 11.6 Å². The van der Waals surface area contributed by atoms with Crippen LogP contribution in [0.5, 0.6) is 0 Å². The molecule has 3 rings (SSSR count). The molecule has 0 atom stereocenters. The van der Waals surface area contributed by atoms with Gasteiger partial charge in [-0.1, -0.05) is 6.07 Å². The third kappa shape index (κ3) is 3.22. The van der Waals surface area contributed by atoms with Crippen LogP contribution in [0.3, 0.4) is 0 Å². The number of carbonyl (C=O) groups is 1. The number of fused-ring (bicyclic) bond motifs is 1. The van der Waals surface area contributed by atoms with Crippen LogP contribution in [0.4, 0.5) is 0 Å². The maximum absolute atomic E-state index is 12.2. The zero-order chi connectivity index (χ0) is 16.4. The Morgan fingerprint density at radius 3 is 2.83 bits per heavy atom. The number of carboxylic acid groups (broad SMARTS) is 1. The summed E-state index contributed by atoms with van der Waals surface area (Å²) in [4.78, 5) is 14.6. The summed E-state index contributed by atoms with van der Waals surface area (Å²) in [7, 11) is -3.90. The number of benzene rings is 1. The number of pyridine rings is 1. The highest BCUT2D eigenvalue weighted by Crippen LogP contribution is 2.17. The van der Waals surface area contributed by atoms with Crippen LogP contribution in [0.1, 0.15) is 15.9 Å². The number of nitrogens with one attached hydrogen (secondary N) is 1. The molecule has 0 saturated carbocycles. The Hall–Kier alpha value is -2.71. The van der Waals surface area contributed by atoms with E-state index in [1.807, 2.05) is 6.07 Å². The first kappa shape index (κ1) is 15.2. The van der Waals surface area contributed by atoms with Gasteiger partial charge < -0.3 is 9.52 Å². The molecule has 118 valence electrons. The number of sulfonamides is 1. The van der Waals surface area contributed by atoms with Crippen LogP contribution < -0.4 is 4.72 Å². The highest BCUT2D eigenvalue weighted by atomic mass is 32.2. The molecule has 0 aliphatic heterocycles. The number of hydrogen-bond acceptors (Lipinski definition) is 5. The number of aromatic nitrogens is 1. The van der Waals surface area contributed by atoms with Gasteiger partial charge in [-0.3, -0.25) is 0 Å². The summed E-state index contributed by atoms with van der Waals surface area (Å²) in [6.45, 7) is 0.0580. The zero-order valence-electron chi connectivity index (χ0n) is 11.8. The van der Waals surface area contributed by atoms with E-state index >= 15 is 0 Å². The SMILES string of the molecule is O=C(O)c1ccnc(S(=O)(=O)NCc2ccc3occc3c2)c1. The summed E-state index contributed by atoms with van der Waals surface area (Å²) in [6, 6.07) is 9.34. The number of aromatic carboxylic acids is 1. The summed E-state index contributed by atoms with van der Waals surface area (Å²) in [5.41, 5.74) is 1.32. The van der Waals surface area contributed by atoms with Gasteiger partial charge in [-0.15, -0.1) is 0 Å². The first-order valence-electron chi connectivity index (χ1n) is 6.61. The smallest absolute Gasteiger partial charge is 0.335 e. The quantitative estimate of drug-likeness (QED) is 0.739. The van der Waals surface area contributed by atoms with E-state index in [0.29, 0.717) is 5.58 Å². The van der Waals surface area contributed by atoms with Crippen LogP contribution in [0.15, 0.2) is 58.3 Å². The van der Waals surface area contributed by atoms with Gasteiger partial charge in [-0.2, -0.15) is 0 Å². The van der Waals surface area contributed by atoms with Crippen molar-refractivity contribution in [3.8, 4) is 0 Å². The Labute approximate surface area is 131 Å². The third-order valence-corrected chi connectivity index (χ3v) is 4.54. The Morgan fingerprint density at radius 2 is 2.04 bits per heavy atom. The number of rotatable bonds is 5. The molecule has 0 bridgehead atoms. The lowest BCUT2D eigenvalue weighted by Crippen LogP contribution is -2.24. The lowest BCUT2D eigenvalue weighted by atomic mass is 10.2. The second kappa shape index (κ2) is 5.82. The lowest BCUT2D eigenvalue weighted by molar-refractivity contribution is 0.0696. The van der Waals surface area contributed by atoms with Crippen LogP contribution >= 0.6 is 0 Å². The van der Waals surface area contributed by atoms with Gasteiger partial charge in [0, 0.05) is 18.1 Å². The molecule has 3 aromatic rings. The number of furan rings is 1. The van der Waals surface area contributed by atoms with Crippen LogP contribution in [0, 0.1) is 0 Å². The Morgan fingerprint density at radius 1 is 1.22 bits per heavy atom. The molecule has 7 nitrogen and oxygen atoms in total. The highest BCUT2D eigenvalue weighted by Gasteiger charge is 2.17. The summed E-state index contributed by atoms with van der Waals surface area (Å²) in [5.74, 6) is -1.21. The van der Waals surface area contributed by atoms with Crippen molar-refractivity contribution in [3.63, 3.8) is 0 Å². The standard InChI is InChI=1S/C15H12N2O5S/c18-15(19)12-3-5-16-14(8-12)23(20,21)17-9-10-1-2-13-11(7-10)4-6-22-13/h1-8,17H,9H2,(H,18,19). The van der Waals surface area contributed by atoms with Crippen LogP contribution in [-0.4, -0.2) is 24.5 Å².